The Hall–Kier alpha value is -1.52. The molecule has 0 spiro atoms. The molecule has 0 aliphatic rings. The van der Waals surface area contributed by atoms with Crippen LogP contribution in [0, 0.1) is 13.8 Å². The largest absolute Gasteiger partial charge is 0.471 e. The first-order chi connectivity index (χ1) is 7.71. The predicted octanol–water partition coefficient (Wildman–Crippen LogP) is 2.82. The second kappa shape index (κ2) is 4.77. The van der Waals surface area contributed by atoms with Crippen molar-refractivity contribution in [2.45, 2.75) is 26.6 Å². The average molecular weight is 245 g/mol. The Labute approximate surface area is 98.0 Å². The van der Waals surface area contributed by atoms with Crippen molar-refractivity contribution >= 4 is 5.91 Å². The van der Waals surface area contributed by atoms with Gasteiger partial charge in [-0.25, -0.2) is 0 Å². The van der Waals surface area contributed by atoms with Crippen LogP contribution < -0.4 is 0 Å². The summed E-state index contributed by atoms with van der Waals surface area (Å²) in [6, 6.07) is 5.34. The summed E-state index contributed by atoms with van der Waals surface area (Å²) in [5, 5.41) is 0. The van der Waals surface area contributed by atoms with Gasteiger partial charge in [0.25, 0.3) is 0 Å². The van der Waals surface area contributed by atoms with Crippen molar-refractivity contribution in [3.8, 4) is 0 Å². The van der Waals surface area contributed by atoms with E-state index in [-0.39, 0.29) is 6.54 Å². The summed E-state index contributed by atoms with van der Waals surface area (Å²) in [6.07, 6.45) is -4.81. The Kier molecular flexibility index (Phi) is 3.80. The highest BCUT2D eigenvalue weighted by Gasteiger charge is 2.41. The molecule has 0 aliphatic carbocycles. The molecule has 17 heavy (non-hydrogen) atoms. The molecule has 0 aliphatic heterocycles. The molecule has 1 aromatic carbocycles. The number of rotatable bonds is 2. The van der Waals surface area contributed by atoms with Gasteiger partial charge in [0.05, 0.1) is 0 Å². The van der Waals surface area contributed by atoms with Crippen LogP contribution in [0.3, 0.4) is 0 Å². The minimum atomic E-state index is -4.81. The molecule has 0 N–H and O–H groups in total. The Bertz CT molecular complexity index is 426. The van der Waals surface area contributed by atoms with Gasteiger partial charge in [0.1, 0.15) is 0 Å². The zero-order valence-electron chi connectivity index (χ0n) is 9.93. The highest BCUT2D eigenvalue weighted by atomic mass is 19.4. The first-order valence-electron chi connectivity index (χ1n) is 5.10. The summed E-state index contributed by atoms with van der Waals surface area (Å²) in [5.41, 5.74) is 2.75. The molecule has 0 bridgehead atoms. The lowest BCUT2D eigenvalue weighted by Gasteiger charge is -2.19. The fraction of sp³-hybridized carbons (Fsp3) is 0.417. The maximum absolute atomic E-state index is 12.2. The molecule has 1 aromatic rings. The molecule has 2 nitrogen and oxygen atoms in total. The van der Waals surface area contributed by atoms with Crippen LogP contribution in [0.15, 0.2) is 18.2 Å². The van der Waals surface area contributed by atoms with E-state index >= 15 is 0 Å². The summed E-state index contributed by atoms with van der Waals surface area (Å²) in [6.45, 7) is 3.76. The summed E-state index contributed by atoms with van der Waals surface area (Å²) in [7, 11) is 1.14. The molecule has 5 heteroatoms. The van der Waals surface area contributed by atoms with Crippen molar-refractivity contribution in [2.75, 3.05) is 7.05 Å². The molecule has 0 atom stereocenters. The number of hydrogen-bond donors (Lipinski definition) is 0. The first-order valence-corrected chi connectivity index (χ1v) is 5.10. The van der Waals surface area contributed by atoms with Crippen molar-refractivity contribution < 1.29 is 18.0 Å². The monoisotopic (exact) mass is 245 g/mol. The Balaban J connectivity index is 2.78. The maximum atomic E-state index is 12.2. The van der Waals surface area contributed by atoms with Crippen LogP contribution >= 0.6 is 0 Å². The van der Waals surface area contributed by atoms with Gasteiger partial charge < -0.3 is 4.90 Å². The first kappa shape index (κ1) is 13.5. The number of carbonyl (C=O) groups excluding carboxylic acids is 1. The molecule has 0 heterocycles. The summed E-state index contributed by atoms with van der Waals surface area (Å²) < 4.78 is 36.5. The number of benzene rings is 1. The van der Waals surface area contributed by atoms with Crippen LogP contribution in [0.25, 0.3) is 0 Å². The van der Waals surface area contributed by atoms with Crippen LogP contribution in [0.5, 0.6) is 0 Å². The minimum Gasteiger partial charge on any atom is -0.334 e. The van der Waals surface area contributed by atoms with Crippen LogP contribution in [0.1, 0.15) is 16.7 Å². The third kappa shape index (κ3) is 3.47. The topological polar surface area (TPSA) is 20.3 Å². The maximum Gasteiger partial charge on any atom is 0.471 e. The van der Waals surface area contributed by atoms with E-state index in [1.54, 1.807) is 12.1 Å². The number of nitrogens with zero attached hydrogens (tertiary/aromatic N) is 1. The second-order valence-corrected chi connectivity index (χ2v) is 4.08. The average Bonchev–Trinajstić information content (AvgIpc) is 2.21. The Morgan fingerprint density at radius 2 is 1.82 bits per heavy atom. The zero-order chi connectivity index (χ0) is 13.2. The third-order valence-electron chi connectivity index (χ3n) is 2.58. The van der Waals surface area contributed by atoms with Gasteiger partial charge in [0, 0.05) is 13.6 Å². The molecule has 0 aromatic heterocycles. The van der Waals surface area contributed by atoms with Gasteiger partial charge in [-0.3, -0.25) is 4.79 Å². The quantitative estimate of drug-likeness (QED) is 0.784. The number of hydrogen-bond acceptors (Lipinski definition) is 1. The van der Waals surface area contributed by atoms with E-state index in [0.29, 0.717) is 10.5 Å². The Morgan fingerprint density at radius 3 is 2.29 bits per heavy atom. The van der Waals surface area contributed by atoms with Crippen molar-refractivity contribution in [3.63, 3.8) is 0 Å². The van der Waals surface area contributed by atoms with Crippen molar-refractivity contribution in [2.24, 2.45) is 0 Å². The van der Waals surface area contributed by atoms with Gasteiger partial charge in [0.15, 0.2) is 0 Å². The highest BCUT2D eigenvalue weighted by molar-refractivity contribution is 5.81. The lowest BCUT2D eigenvalue weighted by molar-refractivity contribution is -0.184. The number of halogens is 3. The third-order valence-corrected chi connectivity index (χ3v) is 2.58. The van der Waals surface area contributed by atoms with Crippen molar-refractivity contribution in [3.05, 3.63) is 34.9 Å². The fourth-order valence-electron chi connectivity index (χ4n) is 1.46. The van der Waals surface area contributed by atoms with Gasteiger partial charge in [0.2, 0.25) is 0 Å². The summed E-state index contributed by atoms with van der Waals surface area (Å²) in [4.78, 5) is 11.6. The number of alkyl halides is 3. The molecule has 0 saturated heterocycles. The molecule has 0 saturated carbocycles. The molecular formula is C12H14F3NO. The van der Waals surface area contributed by atoms with Crippen LogP contribution in [0.2, 0.25) is 0 Å². The second-order valence-electron chi connectivity index (χ2n) is 4.08. The van der Waals surface area contributed by atoms with Gasteiger partial charge in [-0.15, -0.1) is 0 Å². The van der Waals surface area contributed by atoms with E-state index in [2.05, 4.69) is 0 Å². The summed E-state index contributed by atoms with van der Waals surface area (Å²) in [5.74, 6) is -1.82. The minimum absolute atomic E-state index is 0.0422. The van der Waals surface area contributed by atoms with Crippen molar-refractivity contribution in [1.29, 1.82) is 0 Å². The van der Waals surface area contributed by atoms with Crippen LogP contribution in [0.4, 0.5) is 13.2 Å². The molecule has 1 amide bonds. The molecule has 1 rings (SSSR count). The number of amides is 1. The molecule has 0 unspecified atom stereocenters. The number of carbonyl (C=O) groups is 1. The van der Waals surface area contributed by atoms with E-state index in [0.717, 1.165) is 18.2 Å². The van der Waals surface area contributed by atoms with E-state index in [1.165, 1.54) is 0 Å². The SMILES string of the molecule is Cc1ccc(CN(C)C(=O)C(F)(F)F)cc1C. The van der Waals surface area contributed by atoms with E-state index in [9.17, 15) is 18.0 Å². The van der Waals surface area contributed by atoms with E-state index in [1.807, 2.05) is 19.9 Å². The predicted molar refractivity (Wildman–Crippen MR) is 58.4 cm³/mol. The Morgan fingerprint density at radius 1 is 1.24 bits per heavy atom. The number of aryl methyl sites for hydroxylation is 2. The fourth-order valence-corrected chi connectivity index (χ4v) is 1.46. The van der Waals surface area contributed by atoms with Crippen LogP contribution in [-0.4, -0.2) is 24.0 Å². The normalized spacial score (nSPS) is 11.4. The zero-order valence-corrected chi connectivity index (χ0v) is 9.93. The summed E-state index contributed by atoms with van der Waals surface area (Å²) >= 11 is 0. The van der Waals surface area contributed by atoms with Gasteiger partial charge in [-0.05, 0) is 30.5 Å². The van der Waals surface area contributed by atoms with Crippen molar-refractivity contribution in [1.82, 2.24) is 4.90 Å². The van der Waals surface area contributed by atoms with Gasteiger partial charge >= 0.3 is 12.1 Å². The molecular weight excluding hydrogens is 231 g/mol. The lowest BCUT2D eigenvalue weighted by atomic mass is 10.1. The van der Waals surface area contributed by atoms with E-state index < -0.39 is 12.1 Å². The molecule has 94 valence electrons. The van der Waals surface area contributed by atoms with E-state index in [4.69, 9.17) is 0 Å². The molecule has 0 fully saturated rings. The lowest BCUT2D eigenvalue weighted by Crippen LogP contribution is -2.37. The molecule has 0 radical (unpaired) electrons. The van der Waals surface area contributed by atoms with Crippen LogP contribution in [-0.2, 0) is 11.3 Å². The van der Waals surface area contributed by atoms with Gasteiger partial charge in [-0.2, -0.15) is 13.2 Å². The highest BCUT2D eigenvalue weighted by Crippen LogP contribution is 2.19. The standard InChI is InChI=1S/C12H14F3NO/c1-8-4-5-10(6-9(8)2)7-16(3)11(17)12(13,14)15/h4-6H,7H2,1-3H3. The van der Waals surface area contributed by atoms with Gasteiger partial charge in [-0.1, -0.05) is 18.2 Å². The smallest absolute Gasteiger partial charge is 0.334 e.